The summed E-state index contributed by atoms with van der Waals surface area (Å²) in [5.41, 5.74) is 3.79. The van der Waals surface area contributed by atoms with E-state index in [1.54, 1.807) is 16.8 Å². The van der Waals surface area contributed by atoms with E-state index in [-0.39, 0.29) is 11.8 Å². The summed E-state index contributed by atoms with van der Waals surface area (Å²) in [5, 5.41) is 10.9. The van der Waals surface area contributed by atoms with Crippen molar-refractivity contribution in [2.45, 2.75) is 19.4 Å². The number of carbonyl (C=O) groups is 2. The Morgan fingerprint density at radius 3 is 2.92 bits per heavy atom. The number of benzene rings is 2. The van der Waals surface area contributed by atoms with Crippen molar-refractivity contribution < 1.29 is 9.59 Å². The zero-order chi connectivity index (χ0) is 18.1. The van der Waals surface area contributed by atoms with E-state index in [2.05, 4.69) is 15.6 Å². The van der Waals surface area contributed by atoms with Crippen LogP contribution in [-0.4, -0.2) is 38.3 Å². The summed E-state index contributed by atoms with van der Waals surface area (Å²) in [5.74, 6) is -0.0105. The van der Waals surface area contributed by atoms with E-state index in [4.69, 9.17) is 0 Å². The van der Waals surface area contributed by atoms with Crippen LogP contribution in [0.15, 0.2) is 42.5 Å². The fourth-order valence-corrected chi connectivity index (χ4v) is 3.22. The van der Waals surface area contributed by atoms with Gasteiger partial charge in [0.15, 0.2) is 0 Å². The maximum absolute atomic E-state index is 12.5. The number of nitrogens with zero attached hydrogens (tertiary/aromatic N) is 4. The van der Waals surface area contributed by atoms with Gasteiger partial charge >= 0.3 is 0 Å². The molecule has 7 heteroatoms. The molecule has 1 N–H and O–H groups in total. The van der Waals surface area contributed by atoms with Crippen LogP contribution in [0.5, 0.6) is 0 Å². The molecule has 1 saturated heterocycles. The second-order valence-electron chi connectivity index (χ2n) is 6.49. The molecule has 1 fully saturated rings. The molecular formula is C19H19N5O2. The Bertz CT molecular complexity index is 995. The number of amides is 2. The third kappa shape index (κ3) is 3.15. The molecule has 132 valence electrons. The Hall–Kier alpha value is -3.22. The number of aryl methyl sites for hydroxylation is 1. The quantitative estimate of drug-likeness (QED) is 0.784. The normalized spacial score (nSPS) is 14.2. The van der Waals surface area contributed by atoms with Crippen LogP contribution in [-0.2, 0) is 18.4 Å². The lowest BCUT2D eigenvalue weighted by molar-refractivity contribution is -0.128. The van der Waals surface area contributed by atoms with Crippen LogP contribution in [0.2, 0.25) is 0 Å². The summed E-state index contributed by atoms with van der Waals surface area (Å²) >= 11 is 0. The molecule has 2 aromatic carbocycles. The van der Waals surface area contributed by atoms with Gasteiger partial charge in [-0.3, -0.25) is 9.59 Å². The van der Waals surface area contributed by atoms with Crippen LogP contribution in [0.3, 0.4) is 0 Å². The highest BCUT2D eigenvalue weighted by Gasteiger charge is 2.20. The lowest BCUT2D eigenvalue weighted by atomic mass is 10.1. The van der Waals surface area contributed by atoms with Crippen LogP contribution in [0.25, 0.3) is 11.0 Å². The van der Waals surface area contributed by atoms with Crippen molar-refractivity contribution in [1.82, 2.24) is 19.9 Å². The predicted molar refractivity (Wildman–Crippen MR) is 97.6 cm³/mol. The Labute approximate surface area is 150 Å². The number of likely N-dealkylation sites (tertiary alicyclic amines) is 1. The van der Waals surface area contributed by atoms with E-state index in [1.807, 2.05) is 42.3 Å². The monoisotopic (exact) mass is 349 g/mol. The van der Waals surface area contributed by atoms with Crippen molar-refractivity contribution in [3.63, 3.8) is 0 Å². The first-order valence-electron chi connectivity index (χ1n) is 8.58. The Kier molecular flexibility index (Phi) is 4.12. The van der Waals surface area contributed by atoms with Gasteiger partial charge in [-0.05, 0) is 42.3 Å². The van der Waals surface area contributed by atoms with Crippen LogP contribution >= 0.6 is 0 Å². The topological polar surface area (TPSA) is 80.1 Å². The number of anilines is 1. The highest BCUT2D eigenvalue weighted by Crippen LogP contribution is 2.18. The molecule has 3 aromatic rings. The van der Waals surface area contributed by atoms with E-state index in [0.29, 0.717) is 29.7 Å². The minimum atomic E-state index is -0.202. The first-order valence-corrected chi connectivity index (χ1v) is 8.58. The van der Waals surface area contributed by atoms with E-state index in [9.17, 15) is 9.59 Å². The first-order chi connectivity index (χ1) is 12.6. The summed E-state index contributed by atoms with van der Waals surface area (Å²) in [4.78, 5) is 26.2. The van der Waals surface area contributed by atoms with Crippen LogP contribution < -0.4 is 5.32 Å². The summed E-state index contributed by atoms with van der Waals surface area (Å²) < 4.78 is 1.67. The zero-order valence-electron chi connectivity index (χ0n) is 14.5. The Balaban J connectivity index is 1.49. The van der Waals surface area contributed by atoms with Crippen molar-refractivity contribution in [3.8, 4) is 0 Å². The van der Waals surface area contributed by atoms with Gasteiger partial charge in [-0.15, -0.1) is 5.10 Å². The maximum atomic E-state index is 12.5. The maximum Gasteiger partial charge on any atom is 0.255 e. The fraction of sp³-hybridized carbons (Fsp3) is 0.263. The van der Waals surface area contributed by atoms with Gasteiger partial charge in [-0.1, -0.05) is 17.3 Å². The minimum absolute atomic E-state index is 0.191. The molecule has 26 heavy (non-hydrogen) atoms. The van der Waals surface area contributed by atoms with Crippen molar-refractivity contribution in [3.05, 3.63) is 53.6 Å². The Morgan fingerprint density at radius 2 is 2.12 bits per heavy atom. The zero-order valence-corrected chi connectivity index (χ0v) is 14.5. The van der Waals surface area contributed by atoms with Crippen molar-refractivity contribution >= 4 is 28.5 Å². The highest BCUT2D eigenvalue weighted by molar-refractivity contribution is 6.05. The lowest BCUT2D eigenvalue weighted by Gasteiger charge is -2.16. The number of carbonyl (C=O) groups excluding carboxylic acids is 2. The molecule has 4 rings (SSSR count). The van der Waals surface area contributed by atoms with E-state index < -0.39 is 0 Å². The van der Waals surface area contributed by atoms with Gasteiger partial charge in [0.05, 0.1) is 5.52 Å². The molecule has 0 unspecified atom stereocenters. The first kappa shape index (κ1) is 16.3. The number of rotatable bonds is 4. The van der Waals surface area contributed by atoms with Gasteiger partial charge in [-0.2, -0.15) is 0 Å². The van der Waals surface area contributed by atoms with E-state index in [0.717, 1.165) is 24.0 Å². The standard InChI is InChI=1S/C19H19N5O2/c1-23-17-8-7-14(11-16(17)21-22-23)19(26)20-15-5-2-4-13(10-15)12-24-9-3-6-18(24)25/h2,4-5,7-8,10-11H,3,6,9,12H2,1H3,(H,20,26). The van der Waals surface area contributed by atoms with Crippen LogP contribution in [0, 0.1) is 0 Å². The minimum Gasteiger partial charge on any atom is -0.338 e. The highest BCUT2D eigenvalue weighted by atomic mass is 16.2. The molecule has 7 nitrogen and oxygen atoms in total. The van der Waals surface area contributed by atoms with Gasteiger partial charge in [-0.25, -0.2) is 4.68 Å². The van der Waals surface area contributed by atoms with Gasteiger partial charge < -0.3 is 10.2 Å². The molecule has 1 aliphatic heterocycles. The molecule has 1 aliphatic rings. The SMILES string of the molecule is Cn1nnc2cc(C(=O)Nc3cccc(CN4CCCC4=O)c3)ccc21. The number of fused-ring (bicyclic) bond motifs is 1. The molecule has 2 heterocycles. The molecule has 0 radical (unpaired) electrons. The molecule has 0 aliphatic carbocycles. The van der Waals surface area contributed by atoms with E-state index >= 15 is 0 Å². The molecule has 0 spiro atoms. The van der Waals surface area contributed by atoms with Gasteiger partial charge in [0.1, 0.15) is 5.52 Å². The fourth-order valence-electron chi connectivity index (χ4n) is 3.22. The largest absolute Gasteiger partial charge is 0.338 e. The second kappa shape index (κ2) is 6.59. The average molecular weight is 349 g/mol. The van der Waals surface area contributed by atoms with Crippen LogP contribution in [0.4, 0.5) is 5.69 Å². The number of nitrogens with one attached hydrogen (secondary N) is 1. The van der Waals surface area contributed by atoms with Gasteiger partial charge in [0.2, 0.25) is 5.91 Å². The summed E-state index contributed by atoms with van der Waals surface area (Å²) in [6, 6.07) is 12.9. The molecule has 0 bridgehead atoms. The number of hydrogen-bond acceptors (Lipinski definition) is 4. The number of aromatic nitrogens is 3. The smallest absolute Gasteiger partial charge is 0.255 e. The van der Waals surface area contributed by atoms with Crippen molar-refractivity contribution in [2.75, 3.05) is 11.9 Å². The summed E-state index contributed by atoms with van der Waals surface area (Å²) in [6.45, 7) is 1.38. The third-order valence-corrected chi connectivity index (χ3v) is 4.60. The average Bonchev–Trinajstić information content (AvgIpc) is 3.21. The molecular weight excluding hydrogens is 330 g/mol. The Morgan fingerprint density at radius 1 is 1.23 bits per heavy atom. The summed E-state index contributed by atoms with van der Waals surface area (Å²) in [7, 11) is 1.81. The lowest BCUT2D eigenvalue weighted by Crippen LogP contribution is -2.23. The second-order valence-corrected chi connectivity index (χ2v) is 6.49. The van der Waals surface area contributed by atoms with Gasteiger partial charge in [0, 0.05) is 37.8 Å². The van der Waals surface area contributed by atoms with E-state index in [1.165, 1.54) is 0 Å². The molecule has 0 atom stereocenters. The molecule has 1 aromatic heterocycles. The van der Waals surface area contributed by atoms with Crippen molar-refractivity contribution in [1.29, 1.82) is 0 Å². The van der Waals surface area contributed by atoms with Crippen molar-refractivity contribution in [2.24, 2.45) is 7.05 Å². The molecule has 2 amide bonds. The van der Waals surface area contributed by atoms with Crippen LogP contribution in [0.1, 0.15) is 28.8 Å². The predicted octanol–water partition coefficient (Wildman–Crippen LogP) is 2.34. The van der Waals surface area contributed by atoms with Gasteiger partial charge in [0.25, 0.3) is 5.91 Å². The molecule has 0 saturated carbocycles. The third-order valence-electron chi connectivity index (χ3n) is 4.60. The number of hydrogen-bond donors (Lipinski definition) is 1. The summed E-state index contributed by atoms with van der Waals surface area (Å²) in [6.07, 6.45) is 1.54.